The number of nitrogens with one attached hydrogen (secondary N) is 1. The van der Waals surface area contributed by atoms with Crippen molar-refractivity contribution in [3.8, 4) is 11.3 Å². The highest BCUT2D eigenvalue weighted by atomic mass is 16.6. The molecule has 7 nitrogen and oxygen atoms in total. The van der Waals surface area contributed by atoms with Crippen LogP contribution in [0.1, 0.15) is 57.4 Å². The molecule has 0 fully saturated rings. The molecule has 1 aromatic carbocycles. The number of aliphatic imine (C=N–C) groups is 1. The minimum atomic E-state index is -0.518. The number of allylic oxidation sites excluding steroid dienone is 1. The Morgan fingerprint density at radius 1 is 1.24 bits per heavy atom. The van der Waals surface area contributed by atoms with Gasteiger partial charge in [-0.05, 0) is 63.8 Å². The highest BCUT2D eigenvalue weighted by Crippen LogP contribution is 2.25. The number of ether oxygens (including phenoxy) is 1. The zero-order valence-electron chi connectivity index (χ0n) is 19.9. The lowest BCUT2D eigenvalue weighted by Crippen LogP contribution is -2.32. The van der Waals surface area contributed by atoms with Crippen molar-refractivity contribution in [2.45, 2.75) is 65.6 Å². The van der Waals surface area contributed by atoms with E-state index in [0.29, 0.717) is 12.6 Å². The molecular formula is C26H31N5O2. The average molecular weight is 446 g/mol. The Morgan fingerprint density at radius 2 is 2.06 bits per heavy atom. The van der Waals surface area contributed by atoms with Crippen molar-refractivity contribution in [2.24, 2.45) is 4.99 Å². The third-order valence-corrected chi connectivity index (χ3v) is 5.62. The van der Waals surface area contributed by atoms with Crippen LogP contribution >= 0.6 is 0 Å². The normalized spacial score (nSPS) is 16.0. The molecule has 1 aliphatic rings. The summed E-state index contributed by atoms with van der Waals surface area (Å²) in [5.74, 6) is 0. The van der Waals surface area contributed by atoms with E-state index >= 15 is 0 Å². The summed E-state index contributed by atoms with van der Waals surface area (Å²) in [6, 6.07) is 10.5. The van der Waals surface area contributed by atoms with E-state index in [9.17, 15) is 4.79 Å². The molecule has 33 heavy (non-hydrogen) atoms. The zero-order chi connectivity index (χ0) is 23.6. The number of carbonyl (C=O) groups excluding carboxylic acids is 1. The van der Waals surface area contributed by atoms with Crippen molar-refractivity contribution in [1.29, 1.82) is 0 Å². The van der Waals surface area contributed by atoms with Crippen molar-refractivity contribution >= 4 is 23.5 Å². The van der Waals surface area contributed by atoms with Gasteiger partial charge >= 0.3 is 6.09 Å². The Labute approximate surface area is 194 Å². The molecular weight excluding hydrogens is 414 g/mol. The molecule has 7 heteroatoms. The first-order valence-corrected chi connectivity index (χ1v) is 11.4. The molecule has 0 saturated carbocycles. The van der Waals surface area contributed by atoms with E-state index in [1.807, 2.05) is 62.7 Å². The van der Waals surface area contributed by atoms with Crippen molar-refractivity contribution in [2.75, 3.05) is 0 Å². The number of hydrogen-bond donors (Lipinski definition) is 1. The van der Waals surface area contributed by atoms with Crippen LogP contribution in [0.25, 0.3) is 22.5 Å². The van der Waals surface area contributed by atoms with Crippen molar-refractivity contribution in [1.82, 2.24) is 19.9 Å². The SMILES string of the molecule is CCC1CC=C(c2cc3nccc(-c4ccc(CNC(=O)OC(C)(C)C)c(C)c4)n3n2)C=N1. The molecule has 2 aromatic heterocycles. The highest BCUT2D eigenvalue weighted by Gasteiger charge is 2.17. The van der Waals surface area contributed by atoms with E-state index in [1.54, 1.807) is 6.20 Å². The van der Waals surface area contributed by atoms with Gasteiger partial charge in [-0.2, -0.15) is 5.10 Å². The minimum Gasteiger partial charge on any atom is -0.444 e. The first-order valence-electron chi connectivity index (χ1n) is 11.4. The molecule has 172 valence electrons. The maximum atomic E-state index is 12.0. The van der Waals surface area contributed by atoms with E-state index in [0.717, 1.165) is 52.1 Å². The molecule has 0 radical (unpaired) electrons. The van der Waals surface area contributed by atoms with Gasteiger partial charge in [0.05, 0.1) is 17.4 Å². The number of rotatable bonds is 5. The predicted octanol–water partition coefficient (Wildman–Crippen LogP) is 5.37. The first-order chi connectivity index (χ1) is 15.7. The Bertz CT molecular complexity index is 1230. The summed E-state index contributed by atoms with van der Waals surface area (Å²) in [5.41, 5.74) is 6.30. The topological polar surface area (TPSA) is 80.9 Å². The van der Waals surface area contributed by atoms with Crippen LogP contribution in [0.2, 0.25) is 0 Å². The number of nitrogens with zero attached hydrogens (tertiary/aromatic N) is 4. The molecule has 3 heterocycles. The minimum absolute atomic E-state index is 0.366. The Hall–Kier alpha value is -3.48. The highest BCUT2D eigenvalue weighted by molar-refractivity contribution is 6.10. The van der Waals surface area contributed by atoms with Gasteiger partial charge in [0, 0.05) is 36.2 Å². The molecule has 1 atom stereocenters. The van der Waals surface area contributed by atoms with E-state index < -0.39 is 11.7 Å². The number of amides is 1. The number of aromatic nitrogens is 3. The van der Waals surface area contributed by atoms with Gasteiger partial charge in [-0.3, -0.25) is 4.99 Å². The van der Waals surface area contributed by atoms with Gasteiger partial charge in [0.15, 0.2) is 5.65 Å². The van der Waals surface area contributed by atoms with E-state index in [-0.39, 0.29) is 0 Å². The Balaban J connectivity index is 1.56. The molecule has 0 bridgehead atoms. The molecule has 4 rings (SSSR count). The first kappa shape index (κ1) is 22.7. The fourth-order valence-electron chi connectivity index (χ4n) is 3.80. The number of dihydropyridines is 1. The van der Waals surface area contributed by atoms with E-state index in [1.165, 1.54) is 0 Å². The summed E-state index contributed by atoms with van der Waals surface area (Å²) in [6.45, 7) is 10.1. The smallest absolute Gasteiger partial charge is 0.407 e. The second kappa shape index (κ2) is 9.17. The number of fused-ring (bicyclic) bond motifs is 1. The van der Waals surface area contributed by atoms with Crippen LogP contribution in [0.5, 0.6) is 0 Å². The quantitative estimate of drug-likeness (QED) is 0.573. The molecule has 0 spiro atoms. The van der Waals surface area contributed by atoms with Crippen LogP contribution < -0.4 is 5.32 Å². The summed E-state index contributed by atoms with van der Waals surface area (Å²) < 4.78 is 7.20. The van der Waals surface area contributed by atoms with Crippen LogP contribution in [-0.4, -0.2) is 38.5 Å². The standard InChI is InChI=1S/C26H31N5O2/c1-6-21-10-9-20(16-28-21)22-14-24-27-12-11-23(31(24)30-22)18-7-8-19(17(2)13-18)15-29-25(32)33-26(3,4)5/h7-9,11-14,16,21H,6,10,15H2,1-5H3,(H,29,32). The summed E-state index contributed by atoms with van der Waals surface area (Å²) in [5, 5.41) is 7.66. The van der Waals surface area contributed by atoms with Gasteiger partial charge in [0.1, 0.15) is 5.60 Å². The number of carbonyl (C=O) groups is 1. The molecule has 1 amide bonds. The summed E-state index contributed by atoms with van der Waals surface area (Å²) >= 11 is 0. The molecule has 1 N–H and O–H groups in total. The van der Waals surface area contributed by atoms with Crippen molar-refractivity contribution < 1.29 is 9.53 Å². The maximum absolute atomic E-state index is 12.0. The van der Waals surface area contributed by atoms with Gasteiger partial charge < -0.3 is 10.1 Å². The van der Waals surface area contributed by atoms with Crippen LogP contribution in [0.15, 0.2) is 47.6 Å². The molecule has 0 aliphatic carbocycles. The van der Waals surface area contributed by atoms with Crippen LogP contribution in [-0.2, 0) is 11.3 Å². The number of benzene rings is 1. The van der Waals surface area contributed by atoms with Crippen molar-refractivity contribution in [3.63, 3.8) is 0 Å². The fraction of sp³-hybridized carbons (Fsp3) is 0.385. The third-order valence-electron chi connectivity index (χ3n) is 5.62. The van der Waals surface area contributed by atoms with Crippen molar-refractivity contribution in [3.05, 3.63) is 59.4 Å². The lowest BCUT2D eigenvalue weighted by atomic mass is 10.0. The second-order valence-electron chi connectivity index (χ2n) is 9.36. The van der Waals surface area contributed by atoms with Crippen LogP contribution in [0.3, 0.4) is 0 Å². The van der Waals surface area contributed by atoms with E-state index in [2.05, 4.69) is 34.4 Å². The van der Waals surface area contributed by atoms with Gasteiger partial charge in [0.25, 0.3) is 0 Å². The Morgan fingerprint density at radius 3 is 2.73 bits per heavy atom. The molecule has 0 saturated heterocycles. The summed E-state index contributed by atoms with van der Waals surface area (Å²) in [6.07, 6.45) is 7.50. The monoisotopic (exact) mass is 445 g/mol. The average Bonchev–Trinajstić information content (AvgIpc) is 3.21. The summed E-state index contributed by atoms with van der Waals surface area (Å²) in [7, 11) is 0. The molecule has 1 aliphatic heterocycles. The summed E-state index contributed by atoms with van der Waals surface area (Å²) in [4.78, 5) is 21.1. The lowest BCUT2D eigenvalue weighted by Gasteiger charge is -2.20. The second-order valence-corrected chi connectivity index (χ2v) is 9.36. The van der Waals surface area contributed by atoms with Crippen LogP contribution in [0, 0.1) is 6.92 Å². The fourth-order valence-corrected chi connectivity index (χ4v) is 3.80. The van der Waals surface area contributed by atoms with Gasteiger partial charge in [-0.15, -0.1) is 0 Å². The number of alkyl carbamates (subject to hydrolysis) is 1. The lowest BCUT2D eigenvalue weighted by molar-refractivity contribution is 0.0523. The van der Waals surface area contributed by atoms with Gasteiger partial charge in [0.2, 0.25) is 0 Å². The molecule has 1 unspecified atom stereocenters. The Kier molecular flexibility index (Phi) is 6.31. The predicted molar refractivity (Wildman–Crippen MR) is 131 cm³/mol. The maximum Gasteiger partial charge on any atom is 0.407 e. The van der Waals surface area contributed by atoms with Crippen LogP contribution in [0.4, 0.5) is 4.79 Å². The molecule has 3 aromatic rings. The zero-order valence-corrected chi connectivity index (χ0v) is 19.9. The number of hydrogen-bond acceptors (Lipinski definition) is 5. The largest absolute Gasteiger partial charge is 0.444 e. The van der Waals surface area contributed by atoms with Gasteiger partial charge in [-0.1, -0.05) is 25.1 Å². The number of aryl methyl sites for hydroxylation is 1. The van der Waals surface area contributed by atoms with E-state index in [4.69, 9.17) is 9.84 Å². The third kappa shape index (κ3) is 5.30. The van der Waals surface area contributed by atoms with Gasteiger partial charge in [-0.25, -0.2) is 14.3 Å².